The molecule has 0 bridgehead atoms. The summed E-state index contributed by atoms with van der Waals surface area (Å²) < 4.78 is 0. The van der Waals surface area contributed by atoms with Crippen molar-refractivity contribution in [2.45, 2.75) is 51.7 Å². The second kappa shape index (κ2) is 4.80. The van der Waals surface area contributed by atoms with Crippen molar-refractivity contribution in [2.24, 2.45) is 0 Å². The molecular weight excluding hydrogens is 172 g/mol. The number of allylic oxidation sites excluding steroid dienone is 4. The molecule has 0 nitrogen and oxygen atoms in total. The van der Waals surface area contributed by atoms with Crippen LogP contribution in [-0.4, -0.2) is 8.07 Å². The predicted octanol–water partition coefficient (Wildman–Crippen LogP) is 4.31. The van der Waals surface area contributed by atoms with Crippen molar-refractivity contribution in [3.8, 4) is 0 Å². The van der Waals surface area contributed by atoms with Crippen LogP contribution in [0.25, 0.3) is 0 Å². The SMILES string of the molecule is CC[Si](CC)(CC)C1=CCC=CC1. The molecule has 1 aliphatic carbocycles. The van der Waals surface area contributed by atoms with Gasteiger partial charge in [-0.1, -0.05) is 62.3 Å². The van der Waals surface area contributed by atoms with Crippen LogP contribution in [0.15, 0.2) is 23.4 Å². The van der Waals surface area contributed by atoms with Crippen LogP contribution in [0.3, 0.4) is 0 Å². The van der Waals surface area contributed by atoms with Gasteiger partial charge in [0.05, 0.1) is 8.07 Å². The van der Waals surface area contributed by atoms with Gasteiger partial charge in [0.1, 0.15) is 0 Å². The molecule has 0 amide bonds. The van der Waals surface area contributed by atoms with Gasteiger partial charge in [0.15, 0.2) is 0 Å². The molecule has 0 aliphatic heterocycles. The molecule has 0 unspecified atom stereocenters. The molecule has 0 atom stereocenters. The minimum Gasteiger partial charge on any atom is -0.0850 e. The molecule has 13 heavy (non-hydrogen) atoms. The first-order valence-electron chi connectivity index (χ1n) is 5.63. The van der Waals surface area contributed by atoms with Crippen LogP contribution < -0.4 is 0 Å². The summed E-state index contributed by atoms with van der Waals surface area (Å²) >= 11 is 0. The van der Waals surface area contributed by atoms with Gasteiger partial charge >= 0.3 is 0 Å². The summed E-state index contributed by atoms with van der Waals surface area (Å²) in [5.41, 5.74) is 0. The van der Waals surface area contributed by atoms with Crippen LogP contribution in [0.2, 0.25) is 18.1 Å². The fraction of sp³-hybridized carbons (Fsp3) is 0.667. The molecule has 0 N–H and O–H groups in total. The summed E-state index contributed by atoms with van der Waals surface area (Å²) in [4.78, 5) is 0. The van der Waals surface area contributed by atoms with E-state index in [9.17, 15) is 0 Å². The molecule has 0 radical (unpaired) electrons. The Morgan fingerprint density at radius 3 is 2.08 bits per heavy atom. The van der Waals surface area contributed by atoms with Gasteiger partial charge in [-0.3, -0.25) is 0 Å². The first kappa shape index (κ1) is 10.8. The van der Waals surface area contributed by atoms with Crippen molar-refractivity contribution in [1.82, 2.24) is 0 Å². The first-order valence-corrected chi connectivity index (χ1v) is 8.25. The van der Waals surface area contributed by atoms with Gasteiger partial charge in [-0.15, -0.1) is 0 Å². The maximum Gasteiger partial charge on any atom is 0.0807 e. The maximum atomic E-state index is 2.50. The van der Waals surface area contributed by atoms with E-state index in [4.69, 9.17) is 0 Å². The van der Waals surface area contributed by atoms with Gasteiger partial charge in [0, 0.05) is 0 Å². The third-order valence-corrected chi connectivity index (χ3v) is 9.55. The number of hydrogen-bond acceptors (Lipinski definition) is 0. The van der Waals surface area contributed by atoms with E-state index in [1.807, 2.05) is 5.20 Å². The average molecular weight is 194 g/mol. The minimum absolute atomic E-state index is 1.01. The van der Waals surface area contributed by atoms with Gasteiger partial charge in [-0.05, 0) is 12.8 Å². The third kappa shape index (κ3) is 2.14. The van der Waals surface area contributed by atoms with Crippen molar-refractivity contribution < 1.29 is 0 Å². The quantitative estimate of drug-likeness (QED) is 0.462. The highest BCUT2D eigenvalue weighted by Crippen LogP contribution is 2.32. The molecule has 0 saturated heterocycles. The lowest BCUT2D eigenvalue weighted by Gasteiger charge is -2.32. The molecular formula is C12H22Si. The Balaban J connectivity index is 2.80. The molecule has 0 aromatic rings. The van der Waals surface area contributed by atoms with E-state index in [1.54, 1.807) is 0 Å². The van der Waals surface area contributed by atoms with E-state index < -0.39 is 8.07 Å². The fourth-order valence-electron chi connectivity index (χ4n) is 2.46. The van der Waals surface area contributed by atoms with Crippen molar-refractivity contribution in [3.63, 3.8) is 0 Å². The Bertz CT molecular complexity index is 201. The molecule has 1 heteroatoms. The highest BCUT2D eigenvalue weighted by Gasteiger charge is 2.30. The smallest absolute Gasteiger partial charge is 0.0807 e. The molecule has 0 aromatic heterocycles. The molecule has 0 aromatic carbocycles. The standard InChI is InChI=1S/C12H22Si/c1-4-13(5-2,6-3)12-10-8-7-9-11-12/h7-8,11H,4-6,9-10H2,1-3H3. The Hall–Kier alpha value is -0.303. The summed E-state index contributed by atoms with van der Waals surface area (Å²) in [6.45, 7) is 7.16. The maximum absolute atomic E-state index is 2.50. The highest BCUT2D eigenvalue weighted by molar-refractivity contribution is 6.86. The van der Waals surface area contributed by atoms with Gasteiger partial charge in [0.2, 0.25) is 0 Å². The van der Waals surface area contributed by atoms with Gasteiger partial charge in [0.25, 0.3) is 0 Å². The molecule has 0 heterocycles. The van der Waals surface area contributed by atoms with Crippen LogP contribution in [0.1, 0.15) is 33.6 Å². The molecule has 74 valence electrons. The highest BCUT2D eigenvalue weighted by atomic mass is 28.3. The monoisotopic (exact) mass is 194 g/mol. The van der Waals surface area contributed by atoms with Crippen LogP contribution in [0, 0.1) is 0 Å². The molecule has 1 rings (SSSR count). The fourth-order valence-corrected chi connectivity index (χ4v) is 6.43. The Kier molecular flexibility index (Phi) is 3.98. The lowest BCUT2D eigenvalue weighted by atomic mass is 10.2. The third-order valence-electron chi connectivity index (χ3n) is 3.72. The summed E-state index contributed by atoms with van der Waals surface area (Å²) in [5.74, 6) is 0. The number of hydrogen-bond donors (Lipinski definition) is 0. The van der Waals surface area contributed by atoms with Crippen molar-refractivity contribution >= 4 is 8.07 Å². The van der Waals surface area contributed by atoms with Crippen LogP contribution >= 0.6 is 0 Å². The van der Waals surface area contributed by atoms with E-state index in [1.165, 1.54) is 31.0 Å². The lowest BCUT2D eigenvalue weighted by molar-refractivity contribution is 1.10. The minimum atomic E-state index is -1.01. The van der Waals surface area contributed by atoms with E-state index in [0.717, 1.165) is 0 Å². The summed E-state index contributed by atoms with van der Waals surface area (Å²) in [7, 11) is -1.01. The zero-order valence-corrected chi connectivity index (χ0v) is 10.3. The van der Waals surface area contributed by atoms with Crippen LogP contribution in [-0.2, 0) is 0 Å². The van der Waals surface area contributed by atoms with Crippen LogP contribution in [0.5, 0.6) is 0 Å². The Labute approximate surface area is 83.7 Å². The molecule has 0 fully saturated rings. The summed E-state index contributed by atoms with van der Waals surface area (Å²) in [6.07, 6.45) is 9.59. The lowest BCUT2D eigenvalue weighted by Crippen LogP contribution is -2.34. The van der Waals surface area contributed by atoms with Crippen molar-refractivity contribution in [3.05, 3.63) is 23.4 Å². The van der Waals surface area contributed by atoms with E-state index in [2.05, 4.69) is 39.0 Å². The van der Waals surface area contributed by atoms with Crippen molar-refractivity contribution in [2.75, 3.05) is 0 Å². The van der Waals surface area contributed by atoms with Gasteiger partial charge < -0.3 is 0 Å². The van der Waals surface area contributed by atoms with E-state index in [0.29, 0.717) is 0 Å². The first-order chi connectivity index (χ1) is 6.29. The Morgan fingerprint density at radius 2 is 1.69 bits per heavy atom. The summed E-state index contributed by atoms with van der Waals surface area (Å²) in [6, 6.07) is 4.29. The zero-order valence-electron chi connectivity index (χ0n) is 9.27. The largest absolute Gasteiger partial charge is 0.0850 e. The second-order valence-corrected chi connectivity index (χ2v) is 9.31. The van der Waals surface area contributed by atoms with E-state index in [-0.39, 0.29) is 0 Å². The topological polar surface area (TPSA) is 0 Å². The summed E-state index contributed by atoms with van der Waals surface area (Å²) in [5, 5.41) is 1.82. The normalized spacial score (nSPS) is 17.3. The van der Waals surface area contributed by atoms with Crippen LogP contribution in [0.4, 0.5) is 0 Å². The van der Waals surface area contributed by atoms with Gasteiger partial charge in [-0.2, -0.15) is 0 Å². The van der Waals surface area contributed by atoms with E-state index >= 15 is 0 Å². The average Bonchev–Trinajstić information content (AvgIpc) is 2.23. The van der Waals surface area contributed by atoms with Crippen molar-refractivity contribution in [1.29, 1.82) is 0 Å². The molecule has 0 spiro atoms. The number of rotatable bonds is 4. The Morgan fingerprint density at radius 1 is 1.08 bits per heavy atom. The van der Waals surface area contributed by atoms with Gasteiger partial charge in [-0.25, -0.2) is 0 Å². The molecule has 0 saturated carbocycles. The second-order valence-electron chi connectivity index (χ2n) is 3.98. The zero-order chi connectivity index (χ0) is 9.73. The molecule has 1 aliphatic rings. The predicted molar refractivity (Wildman–Crippen MR) is 63.7 cm³/mol.